The molecular formula is C11H14O2S. The van der Waals surface area contributed by atoms with Gasteiger partial charge in [0.2, 0.25) is 0 Å². The Kier molecular flexibility index (Phi) is 3.22. The molecule has 3 heteroatoms. The van der Waals surface area contributed by atoms with E-state index in [9.17, 15) is 0 Å². The molecular weight excluding hydrogens is 196 g/mol. The van der Waals surface area contributed by atoms with Crippen LogP contribution in [-0.2, 0) is 16.1 Å². The molecule has 0 atom stereocenters. The molecule has 0 spiro atoms. The molecule has 0 fully saturated rings. The van der Waals surface area contributed by atoms with Gasteiger partial charge in [0.05, 0.1) is 13.2 Å². The van der Waals surface area contributed by atoms with Crippen LogP contribution in [0.2, 0.25) is 0 Å². The van der Waals surface area contributed by atoms with Gasteiger partial charge in [-0.05, 0) is 30.4 Å². The summed E-state index contributed by atoms with van der Waals surface area (Å²) in [5.41, 5.74) is 1.21. The first-order valence-corrected chi connectivity index (χ1v) is 5.68. The van der Waals surface area contributed by atoms with Gasteiger partial charge in [-0.15, -0.1) is 11.3 Å². The molecule has 0 saturated carbocycles. The zero-order chi connectivity index (χ0) is 9.80. The van der Waals surface area contributed by atoms with Crippen molar-refractivity contribution in [3.63, 3.8) is 0 Å². The van der Waals surface area contributed by atoms with Gasteiger partial charge in [-0.25, -0.2) is 0 Å². The maximum Gasteiger partial charge on any atom is 0.123 e. The number of hydrogen-bond acceptors (Lipinski definition) is 3. The minimum absolute atomic E-state index is 0.674. The van der Waals surface area contributed by atoms with Crippen molar-refractivity contribution < 1.29 is 9.47 Å². The first-order chi connectivity index (χ1) is 6.92. The van der Waals surface area contributed by atoms with Crippen LogP contribution in [0.15, 0.2) is 17.5 Å². The van der Waals surface area contributed by atoms with E-state index in [0.717, 1.165) is 25.2 Å². The van der Waals surface area contributed by atoms with Gasteiger partial charge in [0.25, 0.3) is 0 Å². The molecule has 1 aliphatic rings. The maximum atomic E-state index is 5.62. The highest BCUT2D eigenvalue weighted by Crippen LogP contribution is 2.28. The molecule has 0 saturated heterocycles. The highest BCUT2D eigenvalue weighted by atomic mass is 32.1. The Balaban J connectivity index is 2.21. The van der Waals surface area contributed by atoms with Crippen LogP contribution in [0.25, 0.3) is 5.76 Å². The smallest absolute Gasteiger partial charge is 0.123 e. The zero-order valence-electron chi connectivity index (χ0n) is 8.29. The Morgan fingerprint density at radius 3 is 3.21 bits per heavy atom. The molecule has 14 heavy (non-hydrogen) atoms. The fourth-order valence-corrected chi connectivity index (χ4v) is 2.40. The van der Waals surface area contributed by atoms with Gasteiger partial charge < -0.3 is 9.47 Å². The SMILES string of the molecule is COCc1sccc1C1=CCCCO1. The van der Waals surface area contributed by atoms with Gasteiger partial charge in [-0.1, -0.05) is 0 Å². The molecule has 1 aromatic heterocycles. The van der Waals surface area contributed by atoms with E-state index in [1.54, 1.807) is 18.4 Å². The minimum Gasteiger partial charge on any atom is -0.493 e. The second-order valence-electron chi connectivity index (χ2n) is 3.25. The topological polar surface area (TPSA) is 18.5 Å². The van der Waals surface area contributed by atoms with Crippen molar-refractivity contribution in [3.05, 3.63) is 28.0 Å². The lowest BCUT2D eigenvalue weighted by Crippen LogP contribution is -2.01. The first kappa shape index (κ1) is 9.74. The van der Waals surface area contributed by atoms with Crippen molar-refractivity contribution in [3.8, 4) is 0 Å². The molecule has 2 heterocycles. The fourth-order valence-electron chi connectivity index (χ4n) is 1.55. The second kappa shape index (κ2) is 4.62. The van der Waals surface area contributed by atoms with Crippen LogP contribution >= 0.6 is 11.3 Å². The molecule has 2 nitrogen and oxygen atoms in total. The van der Waals surface area contributed by atoms with E-state index in [1.807, 2.05) is 0 Å². The highest BCUT2D eigenvalue weighted by Gasteiger charge is 2.12. The third-order valence-corrected chi connectivity index (χ3v) is 3.12. The quantitative estimate of drug-likeness (QED) is 0.763. The van der Waals surface area contributed by atoms with Crippen molar-refractivity contribution in [1.29, 1.82) is 0 Å². The van der Waals surface area contributed by atoms with E-state index < -0.39 is 0 Å². The van der Waals surface area contributed by atoms with Crippen molar-refractivity contribution in [2.24, 2.45) is 0 Å². The Hall–Kier alpha value is -0.800. The lowest BCUT2D eigenvalue weighted by Gasteiger charge is -2.15. The predicted octanol–water partition coefficient (Wildman–Crippen LogP) is 3.05. The van der Waals surface area contributed by atoms with Gasteiger partial charge in [-0.2, -0.15) is 0 Å². The van der Waals surface area contributed by atoms with Gasteiger partial charge in [-0.3, -0.25) is 0 Å². The second-order valence-corrected chi connectivity index (χ2v) is 4.25. The summed E-state index contributed by atoms with van der Waals surface area (Å²) in [7, 11) is 1.72. The number of hydrogen-bond donors (Lipinski definition) is 0. The number of rotatable bonds is 3. The average Bonchev–Trinajstić information content (AvgIpc) is 2.68. The minimum atomic E-state index is 0.674. The molecule has 2 rings (SSSR count). The fraction of sp³-hybridized carbons (Fsp3) is 0.455. The van der Waals surface area contributed by atoms with E-state index in [4.69, 9.17) is 9.47 Å². The van der Waals surface area contributed by atoms with Crippen LogP contribution < -0.4 is 0 Å². The number of ether oxygens (including phenoxy) is 2. The van der Waals surface area contributed by atoms with Crippen molar-refractivity contribution >= 4 is 17.1 Å². The van der Waals surface area contributed by atoms with Crippen LogP contribution in [0.1, 0.15) is 23.3 Å². The molecule has 0 bridgehead atoms. The van der Waals surface area contributed by atoms with Gasteiger partial charge in [0.15, 0.2) is 0 Å². The van der Waals surface area contributed by atoms with Crippen LogP contribution in [0, 0.1) is 0 Å². The van der Waals surface area contributed by atoms with E-state index in [0.29, 0.717) is 6.61 Å². The van der Waals surface area contributed by atoms with E-state index >= 15 is 0 Å². The molecule has 76 valence electrons. The Bertz CT molecular complexity index is 328. The summed E-state index contributed by atoms with van der Waals surface area (Å²) in [6, 6.07) is 2.11. The van der Waals surface area contributed by atoms with Crippen LogP contribution in [0.5, 0.6) is 0 Å². The molecule has 0 N–H and O–H groups in total. The molecule has 0 radical (unpaired) electrons. The normalized spacial score (nSPS) is 16.2. The Morgan fingerprint density at radius 1 is 1.57 bits per heavy atom. The number of methoxy groups -OCH3 is 1. The molecule has 1 aromatic rings. The van der Waals surface area contributed by atoms with Crippen molar-refractivity contribution in [2.45, 2.75) is 19.4 Å². The summed E-state index contributed by atoms with van der Waals surface area (Å²) in [5.74, 6) is 1.03. The van der Waals surface area contributed by atoms with Crippen LogP contribution in [-0.4, -0.2) is 13.7 Å². The molecule has 1 aliphatic heterocycles. The molecule has 0 amide bonds. The standard InChI is InChI=1S/C11H14O2S/c1-12-8-11-9(5-7-14-11)10-4-2-3-6-13-10/h4-5,7H,2-3,6,8H2,1H3. The Labute approximate surface area is 88.2 Å². The van der Waals surface area contributed by atoms with Crippen LogP contribution in [0.4, 0.5) is 0 Å². The maximum absolute atomic E-state index is 5.62. The summed E-state index contributed by atoms with van der Waals surface area (Å²) in [4.78, 5) is 1.25. The van der Waals surface area contributed by atoms with Gasteiger partial charge in [0, 0.05) is 17.6 Å². The van der Waals surface area contributed by atoms with Crippen molar-refractivity contribution in [1.82, 2.24) is 0 Å². The Morgan fingerprint density at radius 2 is 2.50 bits per heavy atom. The summed E-state index contributed by atoms with van der Waals surface area (Å²) in [5, 5.41) is 2.09. The molecule has 0 unspecified atom stereocenters. The summed E-state index contributed by atoms with van der Waals surface area (Å²) in [6.45, 7) is 1.52. The van der Waals surface area contributed by atoms with Crippen LogP contribution in [0.3, 0.4) is 0 Å². The average molecular weight is 210 g/mol. The van der Waals surface area contributed by atoms with Crippen molar-refractivity contribution in [2.75, 3.05) is 13.7 Å². The lowest BCUT2D eigenvalue weighted by molar-refractivity contribution is 0.186. The monoisotopic (exact) mass is 210 g/mol. The summed E-state index contributed by atoms with van der Waals surface area (Å²) < 4.78 is 10.8. The van der Waals surface area contributed by atoms with Gasteiger partial charge in [0.1, 0.15) is 5.76 Å². The van der Waals surface area contributed by atoms with E-state index in [1.165, 1.54) is 10.4 Å². The summed E-state index contributed by atoms with van der Waals surface area (Å²) in [6.07, 6.45) is 4.43. The third kappa shape index (κ3) is 1.99. The predicted molar refractivity (Wildman–Crippen MR) is 58.2 cm³/mol. The van der Waals surface area contributed by atoms with E-state index in [-0.39, 0.29) is 0 Å². The summed E-state index contributed by atoms with van der Waals surface area (Å²) >= 11 is 1.72. The number of allylic oxidation sites excluding steroid dienone is 1. The molecule has 0 aromatic carbocycles. The lowest BCUT2D eigenvalue weighted by atomic mass is 10.1. The highest BCUT2D eigenvalue weighted by molar-refractivity contribution is 7.10. The van der Waals surface area contributed by atoms with E-state index in [2.05, 4.69) is 17.5 Å². The largest absolute Gasteiger partial charge is 0.493 e. The van der Waals surface area contributed by atoms with Gasteiger partial charge >= 0.3 is 0 Å². The third-order valence-electron chi connectivity index (χ3n) is 2.22. The zero-order valence-corrected chi connectivity index (χ0v) is 9.10. The number of thiophene rings is 1. The first-order valence-electron chi connectivity index (χ1n) is 4.80. The molecule has 0 aliphatic carbocycles.